The third kappa shape index (κ3) is 10.1. The van der Waals surface area contributed by atoms with Gasteiger partial charge in [0, 0.05) is 13.1 Å². The third-order valence-electron chi connectivity index (χ3n) is 8.18. The molecule has 8 N–H and O–H groups in total. The van der Waals surface area contributed by atoms with Gasteiger partial charge in [0.2, 0.25) is 0 Å². The Hall–Kier alpha value is -2.20. The van der Waals surface area contributed by atoms with Gasteiger partial charge in [-0.3, -0.25) is 9.36 Å². The highest BCUT2D eigenvalue weighted by atomic mass is 16.7. The summed E-state index contributed by atoms with van der Waals surface area (Å²) < 4.78 is 25.1. The minimum Gasteiger partial charge on any atom is -0.394 e. The Morgan fingerprint density at radius 2 is 0.913 bits per heavy atom. The van der Waals surface area contributed by atoms with E-state index in [9.17, 15) is 40.9 Å². The minimum atomic E-state index is -1.49. The average molecular weight is 661 g/mol. The molecule has 2 aromatic rings. The first-order valence-electron chi connectivity index (χ1n) is 15.8. The topological polar surface area (TPSA) is 260 Å². The van der Waals surface area contributed by atoms with E-state index >= 15 is 0 Å². The first-order valence-corrected chi connectivity index (χ1v) is 15.8. The molecule has 2 aliphatic heterocycles. The smallest absolute Gasteiger partial charge is 0.187 e. The van der Waals surface area contributed by atoms with Crippen LogP contribution in [0.5, 0.6) is 0 Å². The molecule has 4 rings (SSSR count). The normalized spacial score (nSPS) is 31.8. The molecule has 0 saturated carbocycles. The van der Waals surface area contributed by atoms with Crippen LogP contribution in [-0.2, 0) is 45.3 Å². The van der Waals surface area contributed by atoms with Crippen molar-refractivity contribution in [2.45, 2.75) is 139 Å². The van der Waals surface area contributed by atoms with Crippen LogP contribution in [0.15, 0.2) is 12.4 Å². The van der Waals surface area contributed by atoms with Crippen LogP contribution in [-0.4, -0.2) is 145 Å². The van der Waals surface area contributed by atoms with Crippen molar-refractivity contribution in [2.24, 2.45) is 0 Å². The summed E-state index contributed by atoms with van der Waals surface area (Å²) in [7, 11) is 0. The second-order valence-corrected chi connectivity index (χ2v) is 11.8. The van der Waals surface area contributed by atoms with Gasteiger partial charge in [0.15, 0.2) is 12.6 Å². The molecule has 10 atom stereocenters. The summed E-state index contributed by atoms with van der Waals surface area (Å²) in [5.74, 6) is 0. The molecule has 2 fully saturated rings. The summed E-state index contributed by atoms with van der Waals surface area (Å²) in [4.78, 5) is 0. The van der Waals surface area contributed by atoms with Gasteiger partial charge < -0.3 is 59.8 Å². The Morgan fingerprint density at radius 1 is 0.543 bits per heavy atom. The van der Waals surface area contributed by atoms with E-state index in [-0.39, 0.29) is 13.2 Å². The average Bonchev–Trinajstić information content (AvgIpc) is 3.72. The first-order chi connectivity index (χ1) is 22.2. The van der Waals surface area contributed by atoms with Gasteiger partial charge in [-0.05, 0) is 12.8 Å². The maximum atomic E-state index is 10.1. The number of aromatic nitrogens is 6. The van der Waals surface area contributed by atoms with Gasteiger partial charge >= 0.3 is 0 Å². The van der Waals surface area contributed by atoms with Crippen LogP contribution in [0.1, 0.15) is 62.8 Å². The van der Waals surface area contributed by atoms with Crippen molar-refractivity contribution in [3.8, 4) is 0 Å². The Balaban J connectivity index is 1.000. The van der Waals surface area contributed by atoms with Crippen molar-refractivity contribution in [3.63, 3.8) is 0 Å². The van der Waals surface area contributed by atoms with E-state index in [0.717, 1.165) is 51.4 Å². The lowest BCUT2D eigenvalue weighted by atomic mass is 9.99. The minimum absolute atomic E-state index is 0.0132. The molecule has 0 radical (unpaired) electrons. The monoisotopic (exact) mass is 660 g/mol. The van der Waals surface area contributed by atoms with E-state index in [4.69, 9.17) is 18.9 Å². The van der Waals surface area contributed by atoms with Crippen LogP contribution in [0.3, 0.4) is 0 Å². The Kier molecular flexibility index (Phi) is 14.6. The molecule has 2 aromatic heterocycles. The predicted octanol–water partition coefficient (Wildman–Crippen LogP) is -2.68. The third-order valence-corrected chi connectivity index (χ3v) is 8.18. The molecule has 4 heterocycles. The van der Waals surface area contributed by atoms with Gasteiger partial charge in [0.05, 0.1) is 38.8 Å². The fraction of sp³-hybridized carbons (Fsp3) is 0.857. The van der Waals surface area contributed by atoms with Crippen LogP contribution in [0.4, 0.5) is 0 Å². The summed E-state index contributed by atoms with van der Waals surface area (Å²) >= 11 is 0. The van der Waals surface area contributed by atoms with Crippen LogP contribution < -0.4 is 0 Å². The number of aryl methyl sites for hydroxylation is 2. The highest BCUT2D eigenvalue weighted by molar-refractivity contribution is 4.93. The maximum Gasteiger partial charge on any atom is 0.187 e. The molecular weight excluding hydrogens is 612 g/mol. The van der Waals surface area contributed by atoms with E-state index < -0.39 is 74.6 Å². The van der Waals surface area contributed by atoms with E-state index in [2.05, 4.69) is 20.6 Å². The number of nitrogens with zero attached hydrogens (tertiary/aromatic N) is 6. The number of aliphatic hydroxyl groups excluding tert-OH is 8. The van der Waals surface area contributed by atoms with Gasteiger partial charge in [-0.15, -0.1) is 10.2 Å². The van der Waals surface area contributed by atoms with E-state index in [0.29, 0.717) is 24.5 Å². The molecule has 2 saturated heterocycles. The van der Waals surface area contributed by atoms with Crippen molar-refractivity contribution < 1.29 is 59.8 Å². The van der Waals surface area contributed by atoms with Crippen LogP contribution in [0.2, 0.25) is 0 Å². The largest absolute Gasteiger partial charge is 0.394 e. The van der Waals surface area contributed by atoms with Gasteiger partial charge in [-0.25, -0.2) is 0 Å². The molecule has 46 heavy (non-hydrogen) atoms. The van der Waals surface area contributed by atoms with Crippen molar-refractivity contribution in [2.75, 3.05) is 13.2 Å². The molecular formula is C28H48N6O12. The number of ether oxygens (including phenoxy) is 4. The quantitative estimate of drug-likeness (QED) is 0.0714. The molecule has 2 aliphatic rings. The molecule has 18 nitrogen and oxygen atoms in total. The Bertz CT molecular complexity index is 1050. The maximum absolute atomic E-state index is 10.1. The van der Waals surface area contributed by atoms with E-state index in [1.165, 1.54) is 0 Å². The standard InChI is InChI=1S/C28H48N6O12/c35-13-19-21(37)23(39)25(41)27(45-19)43-15-17-11-33(31-29-17)9-7-5-3-1-2-4-6-8-10-34-12-18(30-32-34)16-44-28-26(42)24(40)22(38)20(14-36)46-28/h11-12,19-28,35-42H,1-10,13-16H2/t19-,20-,21+,22+,23+,24+,25-,26-,27-,28-/m1/s1. The number of hydrogen-bond donors (Lipinski definition) is 8. The predicted molar refractivity (Wildman–Crippen MR) is 154 cm³/mol. The highest BCUT2D eigenvalue weighted by Crippen LogP contribution is 2.24. The molecule has 262 valence electrons. The van der Waals surface area contributed by atoms with Crippen molar-refractivity contribution in [3.05, 3.63) is 23.8 Å². The zero-order valence-electron chi connectivity index (χ0n) is 25.7. The van der Waals surface area contributed by atoms with Crippen molar-refractivity contribution in [1.29, 1.82) is 0 Å². The van der Waals surface area contributed by atoms with E-state index in [1.54, 1.807) is 21.8 Å². The molecule has 0 aliphatic carbocycles. The summed E-state index contributed by atoms with van der Waals surface area (Å²) in [6, 6.07) is 0. The van der Waals surface area contributed by atoms with E-state index in [1.807, 2.05) is 0 Å². The number of aliphatic hydroxyl groups is 8. The lowest BCUT2D eigenvalue weighted by Gasteiger charge is -2.39. The van der Waals surface area contributed by atoms with Gasteiger partial charge in [-0.1, -0.05) is 49.0 Å². The molecule has 0 bridgehead atoms. The molecule has 0 amide bonds. The zero-order chi connectivity index (χ0) is 33.1. The summed E-state index contributed by atoms with van der Waals surface area (Å²) in [6.45, 7) is 0.347. The van der Waals surface area contributed by atoms with Crippen LogP contribution in [0, 0.1) is 0 Å². The molecule has 0 aromatic carbocycles. The number of rotatable bonds is 19. The summed E-state index contributed by atoms with van der Waals surface area (Å²) in [6.07, 6.45) is -1.25. The summed E-state index contributed by atoms with van der Waals surface area (Å²) in [5, 5.41) is 94.4. The van der Waals surface area contributed by atoms with Crippen LogP contribution >= 0.6 is 0 Å². The second kappa shape index (κ2) is 18.4. The first kappa shape index (κ1) is 36.6. The molecule has 18 heteroatoms. The van der Waals surface area contributed by atoms with Crippen molar-refractivity contribution >= 4 is 0 Å². The Morgan fingerprint density at radius 3 is 1.28 bits per heavy atom. The Labute approximate surface area is 266 Å². The highest BCUT2D eigenvalue weighted by Gasteiger charge is 2.45. The van der Waals surface area contributed by atoms with Crippen LogP contribution in [0.25, 0.3) is 0 Å². The zero-order valence-corrected chi connectivity index (χ0v) is 25.7. The van der Waals surface area contributed by atoms with Crippen molar-refractivity contribution in [1.82, 2.24) is 30.0 Å². The molecule has 0 unspecified atom stereocenters. The number of hydrogen-bond acceptors (Lipinski definition) is 16. The lowest BCUT2D eigenvalue weighted by molar-refractivity contribution is -0.304. The number of unbranched alkanes of at least 4 members (excludes halogenated alkanes) is 7. The molecule has 0 spiro atoms. The fourth-order valence-electron chi connectivity index (χ4n) is 5.38. The lowest BCUT2D eigenvalue weighted by Crippen LogP contribution is -2.59. The second-order valence-electron chi connectivity index (χ2n) is 11.8. The van der Waals surface area contributed by atoms with Gasteiger partial charge in [0.1, 0.15) is 60.2 Å². The summed E-state index contributed by atoms with van der Waals surface area (Å²) in [5.41, 5.74) is 1.06. The van der Waals surface area contributed by atoms with Gasteiger partial charge in [-0.2, -0.15) is 0 Å². The fourth-order valence-corrected chi connectivity index (χ4v) is 5.38. The SMILES string of the molecule is OC[C@H]1O[C@@H](OCc2cn(CCCCCCCCCCn3cc(CO[C@@H]4O[C@H](CO)[C@H](O)[C@H](O)[C@H]4O)nn3)nn2)[C@H](O)[C@@H](O)[C@H]1O. The van der Waals surface area contributed by atoms with Gasteiger partial charge in [0.25, 0.3) is 0 Å².